The molecule has 0 aliphatic carbocycles. The maximum Gasteiger partial charge on any atom is 0.124 e. The molecule has 1 aromatic rings. The molecule has 1 fully saturated rings. The van der Waals surface area contributed by atoms with E-state index in [0.717, 1.165) is 23.7 Å². The van der Waals surface area contributed by atoms with Crippen molar-refractivity contribution in [1.82, 2.24) is 4.98 Å². The second kappa shape index (κ2) is 5.23. The van der Waals surface area contributed by atoms with Gasteiger partial charge in [0.05, 0.1) is 5.69 Å². The molecule has 0 spiro atoms. The summed E-state index contributed by atoms with van der Waals surface area (Å²) >= 11 is 7.08. The van der Waals surface area contributed by atoms with Gasteiger partial charge in [-0.2, -0.15) is 11.8 Å². The van der Waals surface area contributed by atoms with Crippen LogP contribution in [0.2, 0.25) is 0 Å². The number of rotatable bonds is 2. The minimum absolute atomic E-state index is 0.374. The molecule has 2 unspecified atom stereocenters. The van der Waals surface area contributed by atoms with Crippen LogP contribution in [0.25, 0.3) is 0 Å². The van der Waals surface area contributed by atoms with Crippen molar-refractivity contribution >= 4 is 34.7 Å². The van der Waals surface area contributed by atoms with Crippen molar-refractivity contribution in [2.75, 3.05) is 17.2 Å². The number of thioether (sulfide) groups is 1. The van der Waals surface area contributed by atoms with Gasteiger partial charge in [0.25, 0.3) is 0 Å². The average Bonchev–Trinajstić information content (AvgIpc) is 2.33. The van der Waals surface area contributed by atoms with Gasteiger partial charge in [-0.25, -0.2) is 0 Å². The number of nitrogens with zero attached hydrogens (tertiary/aromatic N) is 2. The topological polar surface area (TPSA) is 42.2 Å². The molecule has 17 heavy (non-hydrogen) atoms. The molecule has 0 saturated carbocycles. The predicted molar refractivity (Wildman–Crippen MR) is 78.9 cm³/mol. The Morgan fingerprint density at radius 3 is 3.06 bits per heavy atom. The normalized spacial score (nSPS) is 24.7. The van der Waals surface area contributed by atoms with Gasteiger partial charge in [0, 0.05) is 29.8 Å². The summed E-state index contributed by atoms with van der Waals surface area (Å²) < 4.78 is 0. The summed E-state index contributed by atoms with van der Waals surface area (Å²) in [6.45, 7) is 5.53. The van der Waals surface area contributed by atoms with Crippen LogP contribution in [-0.4, -0.2) is 33.6 Å². The van der Waals surface area contributed by atoms with Crippen molar-refractivity contribution in [2.24, 2.45) is 5.73 Å². The van der Waals surface area contributed by atoms with Gasteiger partial charge in [0.15, 0.2) is 0 Å². The van der Waals surface area contributed by atoms with Crippen LogP contribution < -0.4 is 10.6 Å². The third kappa shape index (κ3) is 2.55. The Balaban J connectivity index is 2.36. The minimum Gasteiger partial charge on any atom is -0.388 e. The smallest absolute Gasteiger partial charge is 0.124 e. The molecule has 2 N–H and O–H groups in total. The highest BCUT2D eigenvalue weighted by Crippen LogP contribution is 2.30. The van der Waals surface area contributed by atoms with E-state index < -0.39 is 0 Å². The van der Waals surface area contributed by atoms with E-state index in [1.54, 1.807) is 6.20 Å². The molecule has 3 nitrogen and oxygen atoms in total. The van der Waals surface area contributed by atoms with E-state index >= 15 is 0 Å². The maximum absolute atomic E-state index is 5.74. The molecule has 0 aromatic carbocycles. The van der Waals surface area contributed by atoms with Crippen LogP contribution in [-0.2, 0) is 0 Å². The van der Waals surface area contributed by atoms with E-state index in [4.69, 9.17) is 18.0 Å². The summed E-state index contributed by atoms with van der Waals surface area (Å²) in [7, 11) is 0. The number of nitrogens with two attached hydrogens (primary N) is 1. The lowest BCUT2D eigenvalue weighted by molar-refractivity contribution is 0.626. The van der Waals surface area contributed by atoms with E-state index in [2.05, 4.69) is 29.8 Å². The molecule has 2 heterocycles. The maximum atomic E-state index is 5.74. The van der Waals surface area contributed by atoms with Gasteiger partial charge in [-0.1, -0.05) is 19.1 Å². The number of thiocarbonyl (C=S) groups is 1. The van der Waals surface area contributed by atoms with E-state index in [-0.39, 0.29) is 0 Å². The van der Waals surface area contributed by atoms with Gasteiger partial charge in [-0.15, -0.1) is 0 Å². The lowest BCUT2D eigenvalue weighted by Gasteiger charge is -2.39. The molecular formula is C12H17N3S2. The number of anilines is 1. The fourth-order valence-corrected chi connectivity index (χ4v) is 3.35. The quantitative estimate of drug-likeness (QED) is 0.831. The molecule has 1 saturated heterocycles. The zero-order chi connectivity index (χ0) is 12.4. The van der Waals surface area contributed by atoms with Crippen molar-refractivity contribution < 1.29 is 0 Å². The zero-order valence-corrected chi connectivity index (χ0v) is 11.7. The summed E-state index contributed by atoms with van der Waals surface area (Å²) in [5.74, 6) is 1.14. The molecule has 5 heteroatoms. The molecule has 0 radical (unpaired) electrons. The minimum atomic E-state index is 0.374. The molecule has 92 valence electrons. The number of aromatic nitrogens is 1. The first kappa shape index (κ1) is 12.6. The van der Waals surface area contributed by atoms with Crippen molar-refractivity contribution in [3.05, 3.63) is 24.0 Å². The van der Waals surface area contributed by atoms with Crippen LogP contribution in [0.15, 0.2) is 18.3 Å². The molecule has 2 rings (SSSR count). The van der Waals surface area contributed by atoms with Crippen LogP contribution in [0, 0.1) is 0 Å². The van der Waals surface area contributed by atoms with E-state index in [1.807, 2.05) is 17.8 Å². The fraction of sp³-hybridized carbons (Fsp3) is 0.500. The van der Waals surface area contributed by atoms with Crippen LogP contribution in [0.1, 0.15) is 19.5 Å². The first-order valence-electron chi connectivity index (χ1n) is 5.74. The molecule has 0 amide bonds. The molecule has 1 aliphatic heterocycles. The third-order valence-corrected chi connectivity index (χ3v) is 4.74. The Labute approximate surface area is 112 Å². The Kier molecular flexibility index (Phi) is 3.89. The highest BCUT2D eigenvalue weighted by Gasteiger charge is 2.27. The second-order valence-corrected chi connectivity index (χ2v) is 6.17. The Hall–Kier alpha value is -0.810. The summed E-state index contributed by atoms with van der Waals surface area (Å²) in [5.41, 5.74) is 7.55. The van der Waals surface area contributed by atoms with E-state index in [9.17, 15) is 0 Å². The van der Waals surface area contributed by atoms with Crippen LogP contribution >= 0.6 is 24.0 Å². The van der Waals surface area contributed by atoms with Crippen LogP contribution in [0.4, 0.5) is 5.69 Å². The van der Waals surface area contributed by atoms with Crippen LogP contribution in [0.5, 0.6) is 0 Å². The highest BCUT2D eigenvalue weighted by atomic mass is 32.2. The van der Waals surface area contributed by atoms with Crippen molar-refractivity contribution in [2.45, 2.75) is 25.1 Å². The third-order valence-electron chi connectivity index (χ3n) is 3.21. The van der Waals surface area contributed by atoms with E-state index in [0.29, 0.717) is 16.3 Å². The van der Waals surface area contributed by atoms with Gasteiger partial charge in [-0.05, 0) is 19.1 Å². The Morgan fingerprint density at radius 1 is 1.59 bits per heavy atom. The number of hydrogen-bond acceptors (Lipinski definition) is 4. The fourth-order valence-electron chi connectivity index (χ4n) is 2.09. The summed E-state index contributed by atoms with van der Waals surface area (Å²) in [5, 5.41) is 0.614. The highest BCUT2D eigenvalue weighted by molar-refractivity contribution is 8.00. The van der Waals surface area contributed by atoms with Gasteiger partial charge in [0.2, 0.25) is 0 Å². The SMILES string of the molecule is CC1SCCN(c2cccnc2C(N)=S)C1C. The summed E-state index contributed by atoms with van der Waals surface area (Å²) in [4.78, 5) is 7.04. The lowest BCUT2D eigenvalue weighted by Crippen LogP contribution is -2.45. The Morgan fingerprint density at radius 2 is 2.35 bits per heavy atom. The first-order chi connectivity index (χ1) is 8.11. The number of hydrogen-bond donors (Lipinski definition) is 1. The van der Waals surface area contributed by atoms with E-state index in [1.165, 1.54) is 0 Å². The van der Waals surface area contributed by atoms with Crippen molar-refractivity contribution in [1.29, 1.82) is 0 Å². The monoisotopic (exact) mass is 267 g/mol. The second-order valence-electron chi connectivity index (χ2n) is 4.25. The van der Waals surface area contributed by atoms with Gasteiger partial charge >= 0.3 is 0 Å². The van der Waals surface area contributed by atoms with Gasteiger partial charge in [0.1, 0.15) is 10.7 Å². The molecule has 1 aromatic heterocycles. The molecule has 0 bridgehead atoms. The first-order valence-corrected chi connectivity index (χ1v) is 7.20. The lowest BCUT2D eigenvalue weighted by atomic mass is 10.1. The van der Waals surface area contributed by atoms with Crippen LogP contribution in [0.3, 0.4) is 0 Å². The van der Waals surface area contributed by atoms with Gasteiger partial charge < -0.3 is 10.6 Å². The predicted octanol–water partition coefficient (Wildman–Crippen LogP) is 2.05. The molecule has 2 atom stereocenters. The average molecular weight is 267 g/mol. The van der Waals surface area contributed by atoms with Crippen molar-refractivity contribution in [3.63, 3.8) is 0 Å². The standard InChI is InChI=1S/C12H17N3S2/c1-8-9(2)17-7-6-15(8)10-4-3-5-14-11(10)12(13)16/h3-5,8-9H,6-7H2,1-2H3,(H2,13,16). The molecular weight excluding hydrogens is 250 g/mol. The largest absolute Gasteiger partial charge is 0.388 e. The summed E-state index contributed by atoms with van der Waals surface area (Å²) in [6, 6.07) is 4.47. The van der Waals surface area contributed by atoms with Crippen molar-refractivity contribution in [3.8, 4) is 0 Å². The van der Waals surface area contributed by atoms with Gasteiger partial charge in [-0.3, -0.25) is 4.98 Å². The Bertz CT molecular complexity index is 422. The number of pyridine rings is 1. The zero-order valence-electron chi connectivity index (χ0n) is 10.1. The summed E-state index contributed by atoms with van der Waals surface area (Å²) in [6.07, 6.45) is 1.74. The molecule has 1 aliphatic rings.